The summed E-state index contributed by atoms with van der Waals surface area (Å²) in [6.07, 6.45) is 1.57. The van der Waals surface area contributed by atoms with Crippen LogP contribution in [0.3, 0.4) is 0 Å². The van der Waals surface area contributed by atoms with Crippen LogP contribution in [0.4, 0.5) is 0 Å². The molecular weight excluding hydrogens is 246 g/mol. The minimum absolute atomic E-state index is 0.538. The Balaban J connectivity index is 2.02. The smallest absolute Gasteiger partial charge is 0.219 e. The zero-order valence-corrected chi connectivity index (χ0v) is 10.3. The van der Waals surface area contributed by atoms with E-state index >= 15 is 0 Å². The Morgan fingerprint density at radius 3 is 2.56 bits per heavy atom. The highest BCUT2D eigenvalue weighted by molar-refractivity contribution is 6.30. The second kappa shape index (κ2) is 4.67. The highest BCUT2D eigenvalue weighted by Gasteiger charge is 2.03. The maximum atomic E-state index is 5.79. The molecule has 3 heteroatoms. The van der Waals surface area contributed by atoms with Crippen LogP contribution in [0.15, 0.2) is 60.8 Å². The maximum Gasteiger partial charge on any atom is 0.219 e. The number of hydrogen-bond donors (Lipinski definition) is 0. The summed E-state index contributed by atoms with van der Waals surface area (Å²) in [6.45, 7) is 0. The molecule has 0 aliphatic rings. The number of halogens is 1. The van der Waals surface area contributed by atoms with Crippen LogP contribution in [-0.4, -0.2) is 4.98 Å². The van der Waals surface area contributed by atoms with E-state index in [0.717, 1.165) is 16.5 Å². The van der Waals surface area contributed by atoms with Crippen molar-refractivity contribution in [3.63, 3.8) is 0 Å². The average Bonchev–Trinajstić information content (AvgIpc) is 2.42. The van der Waals surface area contributed by atoms with E-state index in [1.807, 2.05) is 30.3 Å². The lowest BCUT2D eigenvalue weighted by Crippen LogP contribution is -1.88. The van der Waals surface area contributed by atoms with Gasteiger partial charge in [0.05, 0.1) is 5.02 Å². The van der Waals surface area contributed by atoms with Gasteiger partial charge in [0.15, 0.2) is 0 Å². The highest BCUT2D eigenvalue weighted by atomic mass is 35.5. The molecule has 1 heterocycles. The lowest BCUT2D eigenvalue weighted by atomic mass is 10.1. The van der Waals surface area contributed by atoms with E-state index in [2.05, 4.69) is 17.1 Å². The summed E-state index contributed by atoms with van der Waals surface area (Å²) < 4.78 is 5.78. The number of benzene rings is 2. The number of nitrogens with zero attached hydrogens (tertiary/aromatic N) is 1. The first-order valence-electron chi connectivity index (χ1n) is 5.60. The van der Waals surface area contributed by atoms with E-state index in [9.17, 15) is 0 Å². The van der Waals surface area contributed by atoms with Crippen molar-refractivity contribution in [2.24, 2.45) is 0 Å². The Labute approximate surface area is 110 Å². The molecule has 2 aromatic carbocycles. The van der Waals surface area contributed by atoms with Crippen molar-refractivity contribution in [2.45, 2.75) is 0 Å². The molecule has 2 nitrogen and oxygen atoms in total. The minimum Gasteiger partial charge on any atom is -0.438 e. The second-order valence-electron chi connectivity index (χ2n) is 3.89. The van der Waals surface area contributed by atoms with Crippen LogP contribution in [0, 0.1) is 0 Å². The number of pyridine rings is 1. The molecule has 0 atom stereocenters. The Kier molecular flexibility index (Phi) is 2.87. The summed E-state index contributed by atoms with van der Waals surface area (Å²) in [7, 11) is 0. The molecule has 0 fully saturated rings. The third-order valence-corrected chi connectivity index (χ3v) is 2.89. The topological polar surface area (TPSA) is 22.1 Å². The molecule has 0 unspecified atom stereocenters. The Morgan fingerprint density at radius 1 is 0.889 bits per heavy atom. The van der Waals surface area contributed by atoms with Crippen molar-refractivity contribution in [1.29, 1.82) is 0 Å². The van der Waals surface area contributed by atoms with Crippen molar-refractivity contribution in [2.75, 3.05) is 0 Å². The van der Waals surface area contributed by atoms with Crippen molar-refractivity contribution in [3.05, 3.63) is 65.8 Å². The second-order valence-corrected chi connectivity index (χ2v) is 4.33. The Morgan fingerprint density at radius 2 is 1.72 bits per heavy atom. The summed E-state index contributed by atoms with van der Waals surface area (Å²) in [5, 5.41) is 2.81. The molecule has 0 aliphatic carbocycles. The lowest BCUT2D eigenvalue weighted by Gasteiger charge is -2.07. The minimum atomic E-state index is 0.538. The molecule has 0 saturated carbocycles. The number of fused-ring (bicyclic) bond motifs is 1. The summed E-state index contributed by atoms with van der Waals surface area (Å²) in [5.74, 6) is 1.33. The van der Waals surface area contributed by atoms with Crippen LogP contribution >= 0.6 is 11.6 Å². The van der Waals surface area contributed by atoms with Gasteiger partial charge in [-0.05, 0) is 17.5 Å². The number of rotatable bonds is 2. The predicted molar refractivity (Wildman–Crippen MR) is 73.3 cm³/mol. The maximum absolute atomic E-state index is 5.79. The molecule has 0 spiro atoms. The van der Waals surface area contributed by atoms with Crippen LogP contribution in [0.25, 0.3) is 10.8 Å². The SMILES string of the molecule is Clc1ccc(Oc2cccc3ccccc23)nc1. The fourth-order valence-electron chi connectivity index (χ4n) is 1.82. The van der Waals surface area contributed by atoms with Gasteiger partial charge in [-0.3, -0.25) is 0 Å². The Hall–Kier alpha value is -2.06. The molecule has 88 valence electrons. The molecule has 1 aromatic heterocycles. The first-order chi connectivity index (χ1) is 8.83. The van der Waals surface area contributed by atoms with Gasteiger partial charge in [0.1, 0.15) is 5.75 Å². The molecule has 0 N–H and O–H groups in total. The van der Waals surface area contributed by atoms with Gasteiger partial charge in [0.25, 0.3) is 0 Å². The van der Waals surface area contributed by atoms with E-state index in [1.165, 1.54) is 0 Å². The van der Waals surface area contributed by atoms with Crippen molar-refractivity contribution >= 4 is 22.4 Å². The molecular formula is C15H10ClNO. The van der Waals surface area contributed by atoms with Gasteiger partial charge in [0.2, 0.25) is 5.88 Å². The quantitative estimate of drug-likeness (QED) is 0.663. The average molecular weight is 256 g/mol. The Bertz CT molecular complexity index is 674. The number of aromatic nitrogens is 1. The van der Waals surface area contributed by atoms with Gasteiger partial charge >= 0.3 is 0 Å². The summed E-state index contributed by atoms with van der Waals surface area (Å²) in [4.78, 5) is 4.13. The molecule has 0 saturated heterocycles. The van der Waals surface area contributed by atoms with Crippen molar-refractivity contribution < 1.29 is 4.74 Å². The van der Waals surface area contributed by atoms with Gasteiger partial charge in [-0.15, -0.1) is 0 Å². The third-order valence-electron chi connectivity index (χ3n) is 2.66. The van der Waals surface area contributed by atoms with E-state index in [-0.39, 0.29) is 0 Å². The van der Waals surface area contributed by atoms with E-state index in [0.29, 0.717) is 10.9 Å². The van der Waals surface area contributed by atoms with Crippen LogP contribution < -0.4 is 4.74 Å². The van der Waals surface area contributed by atoms with Gasteiger partial charge in [-0.25, -0.2) is 4.98 Å². The zero-order chi connectivity index (χ0) is 12.4. The zero-order valence-electron chi connectivity index (χ0n) is 9.51. The van der Waals surface area contributed by atoms with E-state index in [4.69, 9.17) is 16.3 Å². The lowest BCUT2D eigenvalue weighted by molar-refractivity contribution is 0.468. The van der Waals surface area contributed by atoms with E-state index in [1.54, 1.807) is 18.3 Å². The van der Waals surface area contributed by atoms with Gasteiger partial charge in [-0.2, -0.15) is 0 Å². The summed E-state index contributed by atoms with van der Waals surface area (Å²) in [5.41, 5.74) is 0. The predicted octanol–water partition coefficient (Wildman–Crippen LogP) is 4.68. The largest absolute Gasteiger partial charge is 0.438 e. The first-order valence-corrected chi connectivity index (χ1v) is 5.98. The van der Waals surface area contributed by atoms with Crippen LogP contribution in [0.5, 0.6) is 11.6 Å². The van der Waals surface area contributed by atoms with Gasteiger partial charge in [-0.1, -0.05) is 48.0 Å². The molecule has 0 bridgehead atoms. The van der Waals surface area contributed by atoms with Crippen LogP contribution in [0.1, 0.15) is 0 Å². The fourth-order valence-corrected chi connectivity index (χ4v) is 1.93. The third kappa shape index (κ3) is 2.15. The fraction of sp³-hybridized carbons (Fsp3) is 0. The first kappa shape index (κ1) is 11.1. The summed E-state index contributed by atoms with van der Waals surface area (Å²) >= 11 is 5.79. The van der Waals surface area contributed by atoms with Crippen LogP contribution in [0.2, 0.25) is 5.02 Å². The molecule has 18 heavy (non-hydrogen) atoms. The van der Waals surface area contributed by atoms with Crippen LogP contribution in [-0.2, 0) is 0 Å². The molecule has 0 aliphatic heterocycles. The number of ether oxygens (including phenoxy) is 1. The normalized spacial score (nSPS) is 10.5. The molecule has 3 rings (SSSR count). The molecule has 3 aromatic rings. The van der Waals surface area contributed by atoms with E-state index < -0.39 is 0 Å². The summed E-state index contributed by atoms with van der Waals surface area (Å²) in [6, 6.07) is 17.5. The molecule has 0 amide bonds. The van der Waals surface area contributed by atoms with Gasteiger partial charge < -0.3 is 4.74 Å². The molecule has 0 radical (unpaired) electrons. The highest BCUT2D eigenvalue weighted by Crippen LogP contribution is 2.28. The number of hydrogen-bond acceptors (Lipinski definition) is 2. The van der Waals surface area contributed by atoms with Crippen molar-refractivity contribution in [1.82, 2.24) is 4.98 Å². The van der Waals surface area contributed by atoms with Crippen molar-refractivity contribution in [3.8, 4) is 11.6 Å². The standard InChI is InChI=1S/C15H10ClNO/c16-12-8-9-15(17-10-12)18-14-7-3-5-11-4-1-2-6-13(11)14/h1-10H. The monoisotopic (exact) mass is 255 g/mol. The van der Waals surface area contributed by atoms with Gasteiger partial charge in [0, 0.05) is 17.6 Å².